The summed E-state index contributed by atoms with van der Waals surface area (Å²) in [7, 11) is 0. The SMILES string of the molecule is CC1CCCN(c2cc(-n3cccn3)ncn2)C1. The molecule has 0 aromatic carbocycles. The first-order chi connectivity index (χ1) is 8.83. The highest BCUT2D eigenvalue weighted by atomic mass is 15.3. The topological polar surface area (TPSA) is 46.8 Å². The molecule has 18 heavy (non-hydrogen) atoms. The quantitative estimate of drug-likeness (QED) is 0.808. The van der Waals surface area contributed by atoms with Gasteiger partial charge in [0.2, 0.25) is 0 Å². The Morgan fingerprint density at radius 3 is 2.94 bits per heavy atom. The molecule has 0 saturated carbocycles. The Morgan fingerprint density at radius 2 is 2.17 bits per heavy atom. The molecule has 5 nitrogen and oxygen atoms in total. The predicted octanol–water partition coefficient (Wildman–Crippen LogP) is 1.90. The van der Waals surface area contributed by atoms with Crippen LogP contribution >= 0.6 is 0 Å². The highest BCUT2D eigenvalue weighted by molar-refractivity contribution is 5.43. The lowest BCUT2D eigenvalue weighted by atomic mass is 10.0. The van der Waals surface area contributed by atoms with Gasteiger partial charge in [0.25, 0.3) is 0 Å². The van der Waals surface area contributed by atoms with Crippen LogP contribution in [0.4, 0.5) is 5.82 Å². The second-order valence-electron chi connectivity index (χ2n) is 4.88. The second-order valence-corrected chi connectivity index (χ2v) is 4.88. The number of anilines is 1. The van der Waals surface area contributed by atoms with Gasteiger partial charge in [-0.25, -0.2) is 14.6 Å². The lowest BCUT2D eigenvalue weighted by Gasteiger charge is -2.31. The molecule has 5 heteroatoms. The van der Waals surface area contributed by atoms with E-state index in [1.54, 1.807) is 17.2 Å². The molecule has 1 saturated heterocycles. The first kappa shape index (κ1) is 11.2. The third-order valence-electron chi connectivity index (χ3n) is 3.36. The Balaban J connectivity index is 1.86. The van der Waals surface area contributed by atoms with Gasteiger partial charge in [-0.2, -0.15) is 5.10 Å². The summed E-state index contributed by atoms with van der Waals surface area (Å²) in [5.74, 6) is 2.56. The summed E-state index contributed by atoms with van der Waals surface area (Å²) in [6.45, 7) is 4.46. The largest absolute Gasteiger partial charge is 0.356 e. The first-order valence-corrected chi connectivity index (χ1v) is 6.40. The van der Waals surface area contributed by atoms with Crippen molar-refractivity contribution < 1.29 is 0 Å². The zero-order chi connectivity index (χ0) is 12.4. The van der Waals surface area contributed by atoms with Gasteiger partial charge < -0.3 is 4.90 Å². The fraction of sp³-hybridized carbons (Fsp3) is 0.462. The molecule has 2 aromatic heterocycles. The van der Waals surface area contributed by atoms with Gasteiger partial charge >= 0.3 is 0 Å². The number of aromatic nitrogens is 4. The van der Waals surface area contributed by atoms with Crippen molar-refractivity contribution in [3.8, 4) is 5.82 Å². The smallest absolute Gasteiger partial charge is 0.158 e. The summed E-state index contributed by atoms with van der Waals surface area (Å²) in [5, 5.41) is 4.20. The van der Waals surface area contributed by atoms with Gasteiger partial charge in [-0.1, -0.05) is 6.92 Å². The van der Waals surface area contributed by atoms with Gasteiger partial charge in [0.15, 0.2) is 5.82 Å². The molecule has 2 aromatic rings. The zero-order valence-electron chi connectivity index (χ0n) is 10.5. The molecule has 1 aliphatic heterocycles. The number of nitrogens with zero attached hydrogens (tertiary/aromatic N) is 5. The fourth-order valence-electron chi connectivity index (χ4n) is 2.44. The minimum absolute atomic E-state index is 0.738. The minimum Gasteiger partial charge on any atom is -0.356 e. The van der Waals surface area contributed by atoms with Crippen molar-refractivity contribution in [1.82, 2.24) is 19.7 Å². The number of hydrogen-bond acceptors (Lipinski definition) is 4. The second kappa shape index (κ2) is 4.76. The summed E-state index contributed by atoms with van der Waals surface area (Å²) >= 11 is 0. The summed E-state index contributed by atoms with van der Waals surface area (Å²) in [6, 6.07) is 3.90. The van der Waals surface area contributed by atoms with Crippen LogP contribution in [-0.4, -0.2) is 32.8 Å². The van der Waals surface area contributed by atoms with E-state index in [-0.39, 0.29) is 0 Å². The van der Waals surface area contributed by atoms with E-state index < -0.39 is 0 Å². The number of piperidine rings is 1. The molecule has 0 N–H and O–H groups in total. The van der Waals surface area contributed by atoms with Crippen molar-refractivity contribution in [2.45, 2.75) is 19.8 Å². The number of hydrogen-bond donors (Lipinski definition) is 0. The van der Waals surface area contributed by atoms with Crippen LogP contribution in [0.3, 0.4) is 0 Å². The predicted molar refractivity (Wildman–Crippen MR) is 69.8 cm³/mol. The molecule has 94 valence electrons. The van der Waals surface area contributed by atoms with E-state index in [4.69, 9.17) is 0 Å². The molecule has 1 unspecified atom stereocenters. The number of rotatable bonds is 2. The highest BCUT2D eigenvalue weighted by Crippen LogP contribution is 2.21. The van der Waals surface area contributed by atoms with Crippen LogP contribution in [0.1, 0.15) is 19.8 Å². The maximum atomic E-state index is 4.38. The van der Waals surface area contributed by atoms with Gasteiger partial charge in [0.05, 0.1) is 0 Å². The molecule has 0 aliphatic carbocycles. The van der Waals surface area contributed by atoms with Crippen molar-refractivity contribution in [2.75, 3.05) is 18.0 Å². The van der Waals surface area contributed by atoms with Crippen molar-refractivity contribution in [3.05, 3.63) is 30.9 Å². The monoisotopic (exact) mass is 243 g/mol. The van der Waals surface area contributed by atoms with Gasteiger partial charge in [-0.05, 0) is 24.8 Å². The third kappa shape index (κ3) is 2.20. The Morgan fingerprint density at radius 1 is 1.28 bits per heavy atom. The van der Waals surface area contributed by atoms with E-state index in [9.17, 15) is 0 Å². The lowest BCUT2D eigenvalue weighted by molar-refractivity contribution is 0.444. The summed E-state index contributed by atoms with van der Waals surface area (Å²) < 4.78 is 1.76. The van der Waals surface area contributed by atoms with Crippen LogP contribution in [0.25, 0.3) is 5.82 Å². The van der Waals surface area contributed by atoms with Gasteiger partial charge in [-0.15, -0.1) is 0 Å². The maximum Gasteiger partial charge on any atom is 0.158 e. The average Bonchev–Trinajstić information content (AvgIpc) is 2.93. The molecule has 3 rings (SSSR count). The molecular weight excluding hydrogens is 226 g/mol. The van der Waals surface area contributed by atoms with E-state index in [0.29, 0.717) is 0 Å². The molecule has 1 fully saturated rings. The molecule has 0 bridgehead atoms. The molecule has 3 heterocycles. The van der Waals surface area contributed by atoms with Gasteiger partial charge in [-0.3, -0.25) is 0 Å². The van der Waals surface area contributed by atoms with Crippen LogP contribution in [0.2, 0.25) is 0 Å². The van der Waals surface area contributed by atoms with Crippen molar-refractivity contribution in [1.29, 1.82) is 0 Å². The van der Waals surface area contributed by atoms with Crippen molar-refractivity contribution in [2.24, 2.45) is 5.92 Å². The zero-order valence-corrected chi connectivity index (χ0v) is 10.5. The minimum atomic E-state index is 0.738. The molecule has 1 atom stereocenters. The molecule has 0 radical (unpaired) electrons. The van der Waals surface area contributed by atoms with Crippen LogP contribution in [0.5, 0.6) is 0 Å². The Kier molecular flexibility index (Phi) is 2.96. The third-order valence-corrected chi connectivity index (χ3v) is 3.36. The standard InChI is InChI=1S/C13H17N5/c1-11-4-2-6-17(9-11)12-8-13(15-10-14-12)18-7-3-5-16-18/h3,5,7-8,10-11H,2,4,6,9H2,1H3. The Labute approximate surface area is 106 Å². The summed E-state index contributed by atoms with van der Waals surface area (Å²) in [5.41, 5.74) is 0. The normalized spacial score (nSPS) is 20.1. The van der Waals surface area contributed by atoms with Crippen molar-refractivity contribution in [3.63, 3.8) is 0 Å². The summed E-state index contributed by atoms with van der Waals surface area (Å²) in [4.78, 5) is 11.0. The van der Waals surface area contributed by atoms with Crippen LogP contribution in [0.15, 0.2) is 30.9 Å². The molecular formula is C13H17N5. The maximum absolute atomic E-state index is 4.38. The molecule has 1 aliphatic rings. The highest BCUT2D eigenvalue weighted by Gasteiger charge is 2.18. The molecule has 0 amide bonds. The Bertz CT molecular complexity index is 508. The fourth-order valence-corrected chi connectivity index (χ4v) is 2.44. The Hall–Kier alpha value is -1.91. The van der Waals surface area contributed by atoms with E-state index in [1.165, 1.54) is 12.8 Å². The van der Waals surface area contributed by atoms with Crippen LogP contribution < -0.4 is 4.90 Å². The van der Waals surface area contributed by atoms with Crippen LogP contribution in [-0.2, 0) is 0 Å². The van der Waals surface area contributed by atoms with E-state index in [2.05, 4.69) is 26.9 Å². The van der Waals surface area contributed by atoms with E-state index in [0.717, 1.165) is 30.6 Å². The average molecular weight is 243 g/mol. The molecule has 0 spiro atoms. The van der Waals surface area contributed by atoms with Crippen molar-refractivity contribution >= 4 is 5.82 Å². The lowest BCUT2D eigenvalue weighted by Crippen LogP contribution is -2.34. The van der Waals surface area contributed by atoms with E-state index >= 15 is 0 Å². The van der Waals surface area contributed by atoms with Gasteiger partial charge in [0.1, 0.15) is 12.1 Å². The van der Waals surface area contributed by atoms with E-state index in [1.807, 2.05) is 18.3 Å². The van der Waals surface area contributed by atoms with Crippen LogP contribution in [0, 0.1) is 5.92 Å². The van der Waals surface area contributed by atoms with Gasteiger partial charge in [0, 0.05) is 31.5 Å². The summed E-state index contributed by atoms with van der Waals surface area (Å²) in [6.07, 6.45) is 7.82. The first-order valence-electron chi connectivity index (χ1n) is 6.40.